The van der Waals surface area contributed by atoms with E-state index in [-0.39, 0.29) is 13.2 Å². The van der Waals surface area contributed by atoms with E-state index >= 15 is 0 Å². The Balaban J connectivity index is 3.05. The molecule has 2 N–H and O–H groups in total. The highest BCUT2D eigenvalue weighted by molar-refractivity contribution is 5.51. The lowest BCUT2D eigenvalue weighted by Crippen LogP contribution is -1.94. The Morgan fingerprint density at radius 1 is 1.15 bits per heavy atom. The van der Waals surface area contributed by atoms with Gasteiger partial charge in [0.25, 0.3) is 0 Å². The van der Waals surface area contributed by atoms with E-state index in [0.29, 0.717) is 0 Å². The van der Waals surface area contributed by atoms with E-state index in [1.165, 1.54) is 0 Å². The third-order valence-corrected chi connectivity index (χ3v) is 1.93. The summed E-state index contributed by atoms with van der Waals surface area (Å²) in [6.07, 6.45) is 3.90. The number of aliphatic hydroxyl groups is 2. The van der Waals surface area contributed by atoms with E-state index in [2.05, 4.69) is 0 Å². The van der Waals surface area contributed by atoms with E-state index in [9.17, 15) is 0 Å². The molecule has 2 nitrogen and oxygen atoms in total. The number of allylic oxidation sites excluding steroid dienone is 1. The molecule has 0 aromatic heterocycles. The van der Waals surface area contributed by atoms with Crippen LogP contribution in [-0.2, 0) is 13.2 Å². The predicted molar refractivity (Wildman–Crippen MR) is 53.0 cm³/mol. The van der Waals surface area contributed by atoms with Crippen LogP contribution in [0.4, 0.5) is 0 Å². The van der Waals surface area contributed by atoms with Crippen molar-refractivity contribution in [3.05, 3.63) is 41.0 Å². The lowest BCUT2D eigenvalue weighted by molar-refractivity contribution is 0.260. The average molecular weight is 178 g/mol. The van der Waals surface area contributed by atoms with Crippen molar-refractivity contribution in [3.63, 3.8) is 0 Å². The number of hydrogen-bond donors (Lipinski definition) is 2. The summed E-state index contributed by atoms with van der Waals surface area (Å²) in [6, 6.07) is 5.64. The topological polar surface area (TPSA) is 40.5 Å². The fourth-order valence-corrected chi connectivity index (χ4v) is 1.24. The van der Waals surface area contributed by atoms with Gasteiger partial charge in [-0.15, -0.1) is 0 Å². The third-order valence-electron chi connectivity index (χ3n) is 1.93. The molecule has 0 aliphatic carbocycles. The van der Waals surface area contributed by atoms with Gasteiger partial charge in [0.1, 0.15) is 0 Å². The number of benzene rings is 1. The fourth-order valence-electron chi connectivity index (χ4n) is 1.24. The smallest absolute Gasteiger partial charge is 0.0685 e. The summed E-state index contributed by atoms with van der Waals surface area (Å²) in [6.45, 7) is 1.89. The first-order valence-electron chi connectivity index (χ1n) is 4.28. The van der Waals surface area contributed by atoms with Crippen LogP contribution in [0.15, 0.2) is 24.3 Å². The second-order valence-corrected chi connectivity index (χ2v) is 2.84. The van der Waals surface area contributed by atoms with Gasteiger partial charge in [0, 0.05) is 0 Å². The molecule has 0 fully saturated rings. The normalized spacial score (nSPS) is 11.0. The summed E-state index contributed by atoms with van der Waals surface area (Å²) in [5.41, 5.74) is 2.62. The molecule has 0 amide bonds. The largest absolute Gasteiger partial charge is 0.392 e. The van der Waals surface area contributed by atoms with Crippen molar-refractivity contribution in [2.24, 2.45) is 0 Å². The van der Waals surface area contributed by atoms with Gasteiger partial charge >= 0.3 is 0 Å². The molecule has 13 heavy (non-hydrogen) atoms. The molecule has 0 atom stereocenters. The van der Waals surface area contributed by atoms with Crippen molar-refractivity contribution in [2.45, 2.75) is 20.1 Å². The Morgan fingerprint density at radius 2 is 1.85 bits per heavy atom. The van der Waals surface area contributed by atoms with Gasteiger partial charge in [-0.05, 0) is 29.7 Å². The predicted octanol–water partition coefficient (Wildman–Crippen LogP) is 1.70. The van der Waals surface area contributed by atoms with Crippen LogP contribution >= 0.6 is 0 Å². The van der Waals surface area contributed by atoms with Crippen LogP contribution in [0, 0.1) is 0 Å². The van der Waals surface area contributed by atoms with E-state index in [1.54, 1.807) is 0 Å². The first-order chi connectivity index (χ1) is 6.31. The minimum absolute atomic E-state index is 0.0218. The molecule has 0 heterocycles. The molecule has 1 rings (SSSR count). The van der Waals surface area contributed by atoms with Gasteiger partial charge in [0.2, 0.25) is 0 Å². The minimum atomic E-state index is -0.0265. The third kappa shape index (κ3) is 2.41. The zero-order valence-corrected chi connectivity index (χ0v) is 7.70. The Bertz CT molecular complexity index is 303. The molecular weight excluding hydrogens is 164 g/mol. The van der Waals surface area contributed by atoms with Gasteiger partial charge in [0.15, 0.2) is 0 Å². The number of aliphatic hydroxyl groups excluding tert-OH is 2. The van der Waals surface area contributed by atoms with Crippen molar-refractivity contribution >= 4 is 6.08 Å². The SMILES string of the molecule is C/C=C/c1ccc(CO)c(CO)c1. The maximum atomic E-state index is 9.01. The van der Waals surface area contributed by atoms with Crippen LogP contribution < -0.4 is 0 Å². The molecule has 0 aliphatic rings. The molecule has 0 spiro atoms. The van der Waals surface area contributed by atoms with Crippen LogP contribution in [0.5, 0.6) is 0 Å². The highest BCUT2D eigenvalue weighted by atomic mass is 16.3. The molecule has 0 radical (unpaired) electrons. The van der Waals surface area contributed by atoms with E-state index in [0.717, 1.165) is 16.7 Å². The Hall–Kier alpha value is -1.12. The molecule has 0 aliphatic heterocycles. The molecule has 0 saturated carbocycles. The summed E-state index contributed by atoms with van der Waals surface area (Å²) in [7, 11) is 0. The summed E-state index contributed by atoms with van der Waals surface area (Å²) in [4.78, 5) is 0. The second-order valence-electron chi connectivity index (χ2n) is 2.84. The van der Waals surface area contributed by atoms with E-state index in [1.807, 2.05) is 37.3 Å². The molecular formula is C11H14O2. The van der Waals surface area contributed by atoms with Gasteiger partial charge in [0.05, 0.1) is 13.2 Å². The molecule has 0 saturated heterocycles. The van der Waals surface area contributed by atoms with E-state index in [4.69, 9.17) is 10.2 Å². The first-order valence-corrected chi connectivity index (χ1v) is 4.28. The van der Waals surface area contributed by atoms with Crippen LogP contribution in [-0.4, -0.2) is 10.2 Å². The molecule has 2 heteroatoms. The fraction of sp³-hybridized carbons (Fsp3) is 0.273. The van der Waals surface area contributed by atoms with Crippen LogP contribution in [0.2, 0.25) is 0 Å². The van der Waals surface area contributed by atoms with Crippen molar-refractivity contribution in [1.29, 1.82) is 0 Å². The first kappa shape index (κ1) is 9.96. The maximum Gasteiger partial charge on any atom is 0.0685 e. The van der Waals surface area contributed by atoms with Crippen molar-refractivity contribution in [1.82, 2.24) is 0 Å². The van der Waals surface area contributed by atoms with Gasteiger partial charge in [-0.25, -0.2) is 0 Å². The number of hydrogen-bond acceptors (Lipinski definition) is 2. The molecule has 0 bridgehead atoms. The Morgan fingerprint density at radius 3 is 2.38 bits per heavy atom. The minimum Gasteiger partial charge on any atom is -0.392 e. The Kier molecular flexibility index (Phi) is 3.68. The zero-order chi connectivity index (χ0) is 9.68. The monoisotopic (exact) mass is 178 g/mol. The summed E-state index contributed by atoms with van der Waals surface area (Å²) >= 11 is 0. The molecule has 0 unspecified atom stereocenters. The van der Waals surface area contributed by atoms with Gasteiger partial charge in [-0.2, -0.15) is 0 Å². The van der Waals surface area contributed by atoms with Crippen molar-refractivity contribution in [3.8, 4) is 0 Å². The quantitative estimate of drug-likeness (QED) is 0.739. The molecule has 1 aromatic carbocycles. The zero-order valence-electron chi connectivity index (χ0n) is 7.70. The van der Waals surface area contributed by atoms with Gasteiger partial charge in [-0.1, -0.05) is 24.3 Å². The van der Waals surface area contributed by atoms with Crippen molar-refractivity contribution in [2.75, 3.05) is 0 Å². The Labute approximate surface area is 78.2 Å². The average Bonchev–Trinajstić information content (AvgIpc) is 2.18. The maximum absolute atomic E-state index is 9.01. The highest BCUT2D eigenvalue weighted by Gasteiger charge is 1.99. The molecule has 1 aromatic rings. The van der Waals surface area contributed by atoms with Crippen LogP contribution in [0.1, 0.15) is 23.6 Å². The van der Waals surface area contributed by atoms with Crippen LogP contribution in [0.25, 0.3) is 6.08 Å². The number of rotatable bonds is 3. The van der Waals surface area contributed by atoms with E-state index < -0.39 is 0 Å². The van der Waals surface area contributed by atoms with Gasteiger partial charge < -0.3 is 10.2 Å². The summed E-state index contributed by atoms with van der Waals surface area (Å²) < 4.78 is 0. The highest BCUT2D eigenvalue weighted by Crippen LogP contribution is 2.13. The van der Waals surface area contributed by atoms with Crippen molar-refractivity contribution < 1.29 is 10.2 Å². The lowest BCUT2D eigenvalue weighted by atomic mass is 10.0. The lowest BCUT2D eigenvalue weighted by Gasteiger charge is -2.05. The second kappa shape index (κ2) is 4.80. The standard InChI is InChI=1S/C11H14O2/c1-2-3-9-4-5-10(7-12)11(6-9)8-13/h2-6,12-13H,7-8H2,1H3/b3-2+. The van der Waals surface area contributed by atoms with Crippen LogP contribution in [0.3, 0.4) is 0 Å². The molecule has 70 valence electrons. The van der Waals surface area contributed by atoms with Gasteiger partial charge in [-0.3, -0.25) is 0 Å². The summed E-state index contributed by atoms with van der Waals surface area (Å²) in [5, 5.41) is 17.9. The summed E-state index contributed by atoms with van der Waals surface area (Å²) in [5.74, 6) is 0.